The predicted molar refractivity (Wildman–Crippen MR) is 244 cm³/mol. The van der Waals surface area contributed by atoms with Gasteiger partial charge in [-0.3, -0.25) is 4.99 Å². The summed E-state index contributed by atoms with van der Waals surface area (Å²) in [7, 11) is 0. The summed E-state index contributed by atoms with van der Waals surface area (Å²) in [5.41, 5.74) is 19.2. The van der Waals surface area contributed by atoms with E-state index in [1.165, 1.54) is 97.3 Å². The van der Waals surface area contributed by atoms with E-state index in [2.05, 4.69) is 177 Å². The van der Waals surface area contributed by atoms with Gasteiger partial charge in [0.25, 0.3) is 0 Å². The summed E-state index contributed by atoms with van der Waals surface area (Å²) in [6.45, 7) is 4.94. The van der Waals surface area contributed by atoms with E-state index in [-0.39, 0.29) is 17.0 Å². The van der Waals surface area contributed by atoms with Gasteiger partial charge in [-0.05, 0) is 91.5 Å². The molecule has 282 valence electrons. The maximum atomic E-state index is 5.36. The minimum atomic E-state index is -0.160. The van der Waals surface area contributed by atoms with Crippen LogP contribution in [0.4, 0.5) is 5.00 Å². The Hall–Kier alpha value is -5.77. The Balaban J connectivity index is 0.883. The second-order valence-electron chi connectivity index (χ2n) is 17.8. The zero-order valence-electron chi connectivity index (χ0n) is 33.1. The highest BCUT2D eigenvalue weighted by atomic mass is 32.1. The van der Waals surface area contributed by atoms with Crippen LogP contribution in [0.1, 0.15) is 97.0 Å². The molecule has 2 heterocycles. The van der Waals surface area contributed by atoms with Gasteiger partial charge in [0.05, 0.1) is 5.71 Å². The minimum absolute atomic E-state index is 0.0933. The highest BCUT2D eigenvalue weighted by Crippen LogP contribution is 2.64. The molecule has 1 fully saturated rings. The van der Waals surface area contributed by atoms with Gasteiger partial charge < -0.3 is 5.32 Å². The van der Waals surface area contributed by atoms with Gasteiger partial charge >= 0.3 is 0 Å². The van der Waals surface area contributed by atoms with Crippen LogP contribution in [0.3, 0.4) is 0 Å². The lowest BCUT2D eigenvalue weighted by Crippen LogP contribution is -2.31. The number of aliphatic imine (C=N–C) groups is 1. The van der Waals surface area contributed by atoms with Crippen LogP contribution in [-0.2, 0) is 10.8 Å². The molecule has 1 aliphatic heterocycles. The Morgan fingerprint density at radius 1 is 0.603 bits per heavy atom. The molecule has 3 unspecified atom stereocenters. The lowest BCUT2D eigenvalue weighted by Gasteiger charge is -2.39. The Bertz CT molecular complexity index is 2860. The molecule has 0 bridgehead atoms. The molecular formula is C55H46N2S. The van der Waals surface area contributed by atoms with Crippen molar-refractivity contribution in [2.45, 2.75) is 68.9 Å². The van der Waals surface area contributed by atoms with Crippen molar-refractivity contribution in [2.75, 3.05) is 5.32 Å². The van der Waals surface area contributed by atoms with Crippen LogP contribution < -0.4 is 5.32 Å². The summed E-state index contributed by atoms with van der Waals surface area (Å²) in [4.78, 5) is 5.36. The van der Waals surface area contributed by atoms with Crippen LogP contribution in [0.15, 0.2) is 168 Å². The van der Waals surface area contributed by atoms with E-state index in [9.17, 15) is 0 Å². The van der Waals surface area contributed by atoms with E-state index < -0.39 is 0 Å². The van der Waals surface area contributed by atoms with E-state index in [4.69, 9.17) is 4.99 Å². The van der Waals surface area contributed by atoms with Gasteiger partial charge in [-0.1, -0.05) is 185 Å². The number of hydrogen-bond acceptors (Lipinski definition) is 3. The van der Waals surface area contributed by atoms with Crippen LogP contribution in [0.25, 0.3) is 37.9 Å². The van der Waals surface area contributed by atoms with E-state index in [0.717, 1.165) is 16.8 Å². The monoisotopic (exact) mass is 766 g/mol. The van der Waals surface area contributed by atoms with Crippen molar-refractivity contribution < 1.29 is 0 Å². The Morgan fingerprint density at radius 3 is 2.10 bits per heavy atom. The molecule has 0 amide bonds. The number of rotatable bonds is 4. The summed E-state index contributed by atoms with van der Waals surface area (Å²) in [6.07, 6.45) is 11.8. The van der Waals surface area contributed by atoms with Crippen molar-refractivity contribution >= 4 is 37.7 Å². The van der Waals surface area contributed by atoms with Crippen LogP contribution in [0.2, 0.25) is 0 Å². The van der Waals surface area contributed by atoms with Crippen LogP contribution in [0.5, 0.6) is 0 Å². The first-order valence-electron chi connectivity index (χ1n) is 21.3. The molecule has 1 aromatic heterocycles. The number of nitrogens with zero attached hydrogens (tertiary/aromatic N) is 1. The molecule has 5 aliphatic rings. The summed E-state index contributed by atoms with van der Waals surface area (Å²) < 4.78 is 1.28. The number of allylic oxidation sites excluding steroid dienone is 4. The van der Waals surface area contributed by atoms with Crippen molar-refractivity contribution in [1.29, 1.82) is 0 Å². The number of benzene rings is 6. The van der Waals surface area contributed by atoms with E-state index in [1.807, 2.05) is 11.3 Å². The predicted octanol–water partition coefficient (Wildman–Crippen LogP) is 14.4. The van der Waals surface area contributed by atoms with Gasteiger partial charge in [0.2, 0.25) is 0 Å². The standard InChI is InChI=1S/C55H46N2S/c1-54(2)44-19-9-7-16-40(44)42-32-47-43(33-46(42)54)49-39(18-13-20-45(49)55(47)30-11-4-12-31-55)36-26-22-34(23-27-36)35-24-28-38(29-25-35)52-56-51(37-14-5-3-6-15-37)50-41-17-8-10-21-48(41)58-53(50)57-52/h3,5-10,13-29,32-33,42,46,52,57H,4,11-12,30-31H2,1-2H3. The summed E-state index contributed by atoms with van der Waals surface area (Å²) >= 11 is 1.82. The largest absolute Gasteiger partial charge is 0.351 e. The zero-order valence-corrected chi connectivity index (χ0v) is 34.0. The highest BCUT2D eigenvalue weighted by Gasteiger charge is 2.53. The third kappa shape index (κ3) is 4.99. The number of nitrogens with one attached hydrogen (secondary N) is 1. The first-order chi connectivity index (χ1) is 28.5. The fraction of sp³-hybridized carbons (Fsp3) is 0.218. The second-order valence-corrected chi connectivity index (χ2v) is 18.8. The Kier molecular flexibility index (Phi) is 7.61. The van der Waals surface area contributed by atoms with Crippen LogP contribution >= 0.6 is 11.3 Å². The van der Waals surface area contributed by atoms with Crippen molar-refractivity contribution in [1.82, 2.24) is 0 Å². The molecule has 1 saturated carbocycles. The maximum absolute atomic E-state index is 5.36. The maximum Gasteiger partial charge on any atom is 0.146 e. The van der Waals surface area contributed by atoms with Crippen LogP contribution in [-0.4, -0.2) is 5.71 Å². The Morgan fingerprint density at radius 2 is 1.29 bits per heavy atom. The zero-order chi connectivity index (χ0) is 38.6. The lowest BCUT2D eigenvalue weighted by atomic mass is 9.64. The van der Waals surface area contributed by atoms with Gasteiger partial charge in [-0.15, -0.1) is 11.3 Å². The first-order valence-corrected chi connectivity index (χ1v) is 22.1. The third-order valence-electron chi connectivity index (χ3n) is 14.5. The van der Waals surface area contributed by atoms with Gasteiger partial charge in [0.15, 0.2) is 0 Å². The quantitative estimate of drug-likeness (QED) is 0.190. The molecule has 3 atom stereocenters. The molecule has 3 heteroatoms. The molecule has 1 spiro atoms. The highest BCUT2D eigenvalue weighted by molar-refractivity contribution is 7.23. The summed E-state index contributed by atoms with van der Waals surface area (Å²) in [6, 6.07) is 54.1. The van der Waals surface area contributed by atoms with Crippen LogP contribution in [0, 0.1) is 5.92 Å². The van der Waals surface area contributed by atoms with E-state index in [1.54, 1.807) is 11.1 Å². The van der Waals surface area contributed by atoms with Gasteiger partial charge in [-0.25, -0.2) is 0 Å². The number of thiophene rings is 1. The minimum Gasteiger partial charge on any atom is -0.351 e. The molecule has 1 N–H and O–H groups in total. The average Bonchev–Trinajstić information content (AvgIpc) is 3.87. The summed E-state index contributed by atoms with van der Waals surface area (Å²) in [5.74, 6) is 0.909. The molecular weight excluding hydrogens is 721 g/mol. The smallest absolute Gasteiger partial charge is 0.146 e. The van der Waals surface area contributed by atoms with Gasteiger partial charge in [0.1, 0.15) is 11.2 Å². The molecule has 7 aromatic rings. The fourth-order valence-electron chi connectivity index (χ4n) is 11.6. The molecule has 4 aliphatic carbocycles. The second kappa shape index (κ2) is 12.9. The molecule has 0 saturated heterocycles. The third-order valence-corrected chi connectivity index (χ3v) is 15.6. The lowest BCUT2D eigenvalue weighted by molar-refractivity contribution is 0.345. The fourth-order valence-corrected chi connectivity index (χ4v) is 12.7. The molecule has 2 nitrogen and oxygen atoms in total. The summed E-state index contributed by atoms with van der Waals surface area (Å²) in [5, 5.41) is 6.24. The van der Waals surface area contributed by atoms with Gasteiger partial charge in [-0.2, -0.15) is 0 Å². The number of fused-ring (bicyclic) bond motifs is 11. The van der Waals surface area contributed by atoms with E-state index >= 15 is 0 Å². The molecule has 12 rings (SSSR count). The topological polar surface area (TPSA) is 24.4 Å². The SMILES string of the molecule is CC1(C)c2ccccc2C2C=C3C(=CC21)c1c(-c2ccc(-c4ccc(C5N=C(c6ccccc6)c6c(sc7ccccc67)N5)cc4)cc2)cccc1C31CCCCC1. The average molecular weight is 767 g/mol. The van der Waals surface area contributed by atoms with Crippen molar-refractivity contribution in [3.8, 4) is 22.3 Å². The molecule has 6 aromatic carbocycles. The Labute approximate surface area is 345 Å². The molecule has 58 heavy (non-hydrogen) atoms. The van der Waals surface area contributed by atoms with Crippen molar-refractivity contribution in [3.05, 3.63) is 202 Å². The number of anilines is 1. The number of hydrogen-bond donors (Lipinski definition) is 1. The van der Waals surface area contributed by atoms with Crippen molar-refractivity contribution in [2.24, 2.45) is 10.9 Å². The normalized spacial score (nSPS) is 21.8. The first kappa shape index (κ1) is 34.3. The van der Waals surface area contributed by atoms with Gasteiger partial charge in [0, 0.05) is 32.5 Å². The molecule has 0 radical (unpaired) electrons. The van der Waals surface area contributed by atoms with Crippen molar-refractivity contribution in [3.63, 3.8) is 0 Å². The van der Waals surface area contributed by atoms with E-state index in [0.29, 0.717) is 11.8 Å².